The highest BCUT2D eigenvalue weighted by Gasteiger charge is 2.36. The third-order valence-electron chi connectivity index (χ3n) is 3.47. The molecule has 3 nitrogen and oxygen atoms in total. The Balaban J connectivity index is 1.63. The quantitative estimate of drug-likeness (QED) is 0.719. The van der Waals surface area contributed by atoms with Crippen LogP contribution >= 0.6 is 0 Å². The number of nitrogens with one attached hydrogen (secondary N) is 1. The Bertz CT molecular complexity index is 242. The molecule has 2 heterocycles. The van der Waals surface area contributed by atoms with Crippen molar-refractivity contribution in [3.05, 3.63) is 0 Å². The summed E-state index contributed by atoms with van der Waals surface area (Å²) in [6.07, 6.45) is 6.55. The molecule has 0 spiro atoms. The third-order valence-corrected chi connectivity index (χ3v) is 3.47. The molecule has 3 rings (SSSR count). The van der Waals surface area contributed by atoms with E-state index < -0.39 is 0 Å². The number of hydrogen-bond acceptors (Lipinski definition) is 3. The van der Waals surface area contributed by atoms with Gasteiger partial charge in [-0.25, -0.2) is 4.99 Å². The van der Waals surface area contributed by atoms with E-state index in [1.807, 2.05) is 0 Å². The van der Waals surface area contributed by atoms with Gasteiger partial charge in [-0.15, -0.1) is 0 Å². The third kappa shape index (κ3) is 1.65. The number of hydrogen-bond donors (Lipinski definition) is 1. The van der Waals surface area contributed by atoms with Crippen LogP contribution in [0.25, 0.3) is 0 Å². The maximum absolute atomic E-state index is 5.69. The number of ether oxygens (including phenoxy) is 1. The molecule has 0 aromatic rings. The van der Waals surface area contributed by atoms with E-state index in [1.165, 1.54) is 32.1 Å². The van der Waals surface area contributed by atoms with Gasteiger partial charge in [0.1, 0.15) is 6.61 Å². The van der Waals surface area contributed by atoms with Gasteiger partial charge in [0, 0.05) is 0 Å². The second-order valence-corrected chi connectivity index (χ2v) is 4.69. The van der Waals surface area contributed by atoms with Crippen LogP contribution in [0.3, 0.4) is 0 Å². The molecule has 1 saturated heterocycles. The molecule has 2 unspecified atom stereocenters. The van der Waals surface area contributed by atoms with Gasteiger partial charge >= 0.3 is 0 Å². The number of rotatable bonds is 2. The second-order valence-electron chi connectivity index (χ2n) is 4.69. The average molecular weight is 194 g/mol. The van der Waals surface area contributed by atoms with Gasteiger partial charge in [0.05, 0.1) is 12.1 Å². The molecule has 0 aromatic carbocycles. The van der Waals surface area contributed by atoms with Crippen LogP contribution < -0.4 is 5.32 Å². The molecule has 2 fully saturated rings. The zero-order valence-corrected chi connectivity index (χ0v) is 8.54. The van der Waals surface area contributed by atoms with Crippen LogP contribution in [0.1, 0.15) is 32.1 Å². The van der Waals surface area contributed by atoms with E-state index in [4.69, 9.17) is 9.73 Å². The molecule has 1 saturated carbocycles. The first-order valence-electron chi connectivity index (χ1n) is 5.87. The summed E-state index contributed by atoms with van der Waals surface area (Å²) in [6.45, 7) is 1.97. The molecule has 3 heteroatoms. The largest absolute Gasteiger partial charge is 0.478 e. The van der Waals surface area contributed by atoms with Gasteiger partial charge in [-0.1, -0.05) is 6.42 Å². The molecule has 0 aromatic heterocycles. The fraction of sp³-hybridized carbons (Fsp3) is 0.909. The van der Waals surface area contributed by atoms with E-state index in [0.29, 0.717) is 12.1 Å². The number of nitrogens with zero attached hydrogens (tertiary/aromatic N) is 1. The molecule has 3 aliphatic rings. The summed E-state index contributed by atoms with van der Waals surface area (Å²) < 4.78 is 5.69. The SMILES string of the molecule is C1CCC(C2=NC(C3CC3)CO2)NC1. The first kappa shape index (κ1) is 8.72. The van der Waals surface area contributed by atoms with Crippen LogP contribution in [0, 0.1) is 5.92 Å². The van der Waals surface area contributed by atoms with Gasteiger partial charge in [-0.2, -0.15) is 0 Å². The van der Waals surface area contributed by atoms with Crippen molar-refractivity contribution in [1.29, 1.82) is 0 Å². The van der Waals surface area contributed by atoms with E-state index in [1.54, 1.807) is 0 Å². The fourth-order valence-electron chi connectivity index (χ4n) is 2.38. The van der Waals surface area contributed by atoms with Crippen molar-refractivity contribution in [2.45, 2.75) is 44.2 Å². The van der Waals surface area contributed by atoms with Crippen molar-refractivity contribution in [3.8, 4) is 0 Å². The summed E-state index contributed by atoms with van der Waals surface area (Å²) in [6, 6.07) is 0.918. The lowest BCUT2D eigenvalue weighted by molar-refractivity contribution is 0.284. The summed E-state index contributed by atoms with van der Waals surface area (Å²) in [5.74, 6) is 1.85. The van der Waals surface area contributed by atoms with Gasteiger partial charge < -0.3 is 10.1 Å². The van der Waals surface area contributed by atoms with Crippen molar-refractivity contribution in [2.24, 2.45) is 10.9 Å². The molecular weight excluding hydrogens is 176 g/mol. The summed E-state index contributed by atoms with van der Waals surface area (Å²) in [5.41, 5.74) is 0. The molecule has 0 amide bonds. The first-order chi connectivity index (χ1) is 6.93. The van der Waals surface area contributed by atoms with E-state index in [-0.39, 0.29) is 0 Å². The molecular formula is C11H18N2O. The zero-order valence-electron chi connectivity index (χ0n) is 8.54. The lowest BCUT2D eigenvalue weighted by atomic mass is 10.1. The van der Waals surface area contributed by atoms with Crippen LogP contribution in [-0.2, 0) is 4.74 Å². The molecule has 2 aliphatic heterocycles. The molecule has 0 radical (unpaired) electrons. The molecule has 1 aliphatic carbocycles. The Hall–Kier alpha value is -0.570. The van der Waals surface area contributed by atoms with E-state index >= 15 is 0 Å². The van der Waals surface area contributed by atoms with Gasteiger partial charge in [-0.05, 0) is 38.1 Å². The monoisotopic (exact) mass is 194 g/mol. The van der Waals surface area contributed by atoms with Crippen molar-refractivity contribution < 1.29 is 4.74 Å². The fourth-order valence-corrected chi connectivity index (χ4v) is 2.38. The van der Waals surface area contributed by atoms with Gasteiger partial charge in [-0.3, -0.25) is 0 Å². The molecule has 2 atom stereocenters. The maximum Gasteiger partial charge on any atom is 0.201 e. The Morgan fingerprint density at radius 1 is 1.21 bits per heavy atom. The molecule has 0 bridgehead atoms. The standard InChI is InChI=1S/C11H18N2O/c1-2-6-12-9(3-1)11-13-10(7-14-11)8-4-5-8/h8-10,12H,1-7H2. The van der Waals surface area contributed by atoms with E-state index in [0.717, 1.165) is 25.0 Å². The highest BCUT2D eigenvalue weighted by Crippen LogP contribution is 2.36. The Morgan fingerprint density at radius 2 is 2.14 bits per heavy atom. The van der Waals surface area contributed by atoms with Gasteiger partial charge in [0.2, 0.25) is 5.90 Å². The average Bonchev–Trinajstić information content (AvgIpc) is 2.98. The Labute approximate surface area is 84.9 Å². The van der Waals surface area contributed by atoms with Crippen LogP contribution in [-0.4, -0.2) is 31.1 Å². The lowest BCUT2D eigenvalue weighted by Crippen LogP contribution is -2.40. The zero-order chi connectivity index (χ0) is 9.38. The predicted molar refractivity (Wildman–Crippen MR) is 55.5 cm³/mol. The second kappa shape index (κ2) is 3.54. The minimum Gasteiger partial charge on any atom is -0.478 e. The van der Waals surface area contributed by atoms with Crippen LogP contribution in [0.4, 0.5) is 0 Å². The Kier molecular flexibility index (Phi) is 2.20. The highest BCUT2D eigenvalue weighted by molar-refractivity contribution is 5.83. The summed E-state index contributed by atoms with van der Waals surface area (Å²) in [5, 5.41) is 3.49. The molecule has 1 N–H and O–H groups in total. The van der Waals surface area contributed by atoms with Gasteiger partial charge in [0.15, 0.2) is 0 Å². The number of aliphatic imine (C=N–C) groups is 1. The lowest BCUT2D eigenvalue weighted by Gasteiger charge is -2.22. The van der Waals surface area contributed by atoms with Crippen LogP contribution in [0.2, 0.25) is 0 Å². The number of piperidine rings is 1. The van der Waals surface area contributed by atoms with Crippen LogP contribution in [0.15, 0.2) is 4.99 Å². The molecule has 78 valence electrons. The smallest absolute Gasteiger partial charge is 0.201 e. The van der Waals surface area contributed by atoms with E-state index in [2.05, 4.69) is 5.32 Å². The normalized spacial score (nSPS) is 37.9. The minimum absolute atomic E-state index is 0.424. The minimum atomic E-state index is 0.424. The first-order valence-corrected chi connectivity index (χ1v) is 5.87. The maximum atomic E-state index is 5.69. The topological polar surface area (TPSA) is 33.6 Å². The predicted octanol–water partition coefficient (Wildman–Crippen LogP) is 1.34. The highest BCUT2D eigenvalue weighted by atomic mass is 16.5. The van der Waals surface area contributed by atoms with Crippen LogP contribution in [0.5, 0.6) is 0 Å². The van der Waals surface area contributed by atoms with E-state index in [9.17, 15) is 0 Å². The van der Waals surface area contributed by atoms with Crippen molar-refractivity contribution in [3.63, 3.8) is 0 Å². The van der Waals surface area contributed by atoms with Crippen molar-refractivity contribution in [2.75, 3.05) is 13.2 Å². The summed E-state index contributed by atoms with van der Waals surface area (Å²) in [7, 11) is 0. The summed E-state index contributed by atoms with van der Waals surface area (Å²) in [4.78, 5) is 4.71. The molecule has 14 heavy (non-hydrogen) atoms. The van der Waals surface area contributed by atoms with Crippen molar-refractivity contribution in [1.82, 2.24) is 5.32 Å². The van der Waals surface area contributed by atoms with Gasteiger partial charge in [0.25, 0.3) is 0 Å². The Morgan fingerprint density at radius 3 is 2.86 bits per heavy atom. The van der Waals surface area contributed by atoms with Crippen molar-refractivity contribution >= 4 is 5.90 Å². The summed E-state index contributed by atoms with van der Waals surface area (Å²) >= 11 is 0.